The van der Waals surface area contributed by atoms with Crippen molar-refractivity contribution in [1.29, 1.82) is 0 Å². The second-order valence-electron chi connectivity index (χ2n) is 7.57. The lowest BCUT2D eigenvalue weighted by Gasteiger charge is -2.34. The van der Waals surface area contributed by atoms with Crippen LogP contribution in [0.15, 0.2) is 6.20 Å². The van der Waals surface area contributed by atoms with Crippen LogP contribution >= 0.6 is 0 Å². The molecule has 3 heteroatoms. The minimum atomic E-state index is 0.470. The Labute approximate surface area is 129 Å². The Kier molecular flexibility index (Phi) is 4.30. The molecule has 1 unspecified atom stereocenters. The number of nitrogens with one attached hydrogen (secondary N) is 1. The van der Waals surface area contributed by atoms with E-state index in [-0.39, 0.29) is 0 Å². The van der Waals surface area contributed by atoms with Gasteiger partial charge in [0.1, 0.15) is 5.82 Å². The van der Waals surface area contributed by atoms with E-state index < -0.39 is 0 Å². The highest BCUT2D eigenvalue weighted by Gasteiger charge is 2.30. The quantitative estimate of drug-likeness (QED) is 0.907. The summed E-state index contributed by atoms with van der Waals surface area (Å²) in [5.74, 6) is 1.70. The summed E-state index contributed by atoms with van der Waals surface area (Å²) in [6, 6.07) is 0.470. The monoisotopic (exact) mass is 287 g/mol. The lowest BCUT2D eigenvalue weighted by molar-refractivity contribution is 0.220. The number of rotatable bonds is 3. The molecule has 3 rings (SSSR count). The van der Waals surface area contributed by atoms with Crippen LogP contribution in [0.1, 0.15) is 88.3 Å². The Morgan fingerprint density at radius 3 is 2.71 bits per heavy atom. The fourth-order valence-corrected chi connectivity index (χ4v) is 3.87. The molecule has 0 spiro atoms. The zero-order chi connectivity index (χ0) is 14.9. The molecule has 0 radical (unpaired) electrons. The summed E-state index contributed by atoms with van der Waals surface area (Å²) in [4.78, 5) is 9.71. The van der Waals surface area contributed by atoms with Gasteiger partial charge < -0.3 is 5.32 Å². The molecule has 21 heavy (non-hydrogen) atoms. The van der Waals surface area contributed by atoms with E-state index in [4.69, 9.17) is 9.97 Å². The maximum Gasteiger partial charge on any atom is 0.131 e. The predicted molar refractivity (Wildman–Crippen MR) is 86.4 cm³/mol. The van der Waals surface area contributed by atoms with Crippen LogP contribution in [-0.2, 0) is 6.42 Å². The van der Waals surface area contributed by atoms with Crippen LogP contribution in [-0.4, -0.2) is 16.5 Å². The molecule has 1 aromatic rings. The number of hydrogen-bond donors (Lipinski definition) is 1. The molecule has 1 fully saturated rings. The van der Waals surface area contributed by atoms with E-state index in [1.165, 1.54) is 49.8 Å². The first kappa shape index (κ1) is 15.0. The van der Waals surface area contributed by atoms with Gasteiger partial charge >= 0.3 is 0 Å². The van der Waals surface area contributed by atoms with Crippen molar-refractivity contribution >= 4 is 0 Å². The van der Waals surface area contributed by atoms with Crippen molar-refractivity contribution in [2.45, 2.75) is 77.7 Å². The molecule has 0 amide bonds. The van der Waals surface area contributed by atoms with E-state index >= 15 is 0 Å². The molecule has 2 aliphatic carbocycles. The van der Waals surface area contributed by atoms with Gasteiger partial charge in [0.2, 0.25) is 0 Å². The molecule has 0 aliphatic heterocycles. The van der Waals surface area contributed by atoms with Crippen LogP contribution in [0.25, 0.3) is 0 Å². The smallest absolute Gasteiger partial charge is 0.131 e. The molecule has 0 bridgehead atoms. The highest BCUT2D eigenvalue weighted by molar-refractivity contribution is 5.25. The van der Waals surface area contributed by atoms with Gasteiger partial charge in [-0.25, -0.2) is 9.97 Å². The van der Waals surface area contributed by atoms with Crippen molar-refractivity contribution in [2.24, 2.45) is 5.41 Å². The zero-order valence-corrected chi connectivity index (χ0v) is 13.8. The van der Waals surface area contributed by atoms with E-state index in [9.17, 15) is 0 Å². The first-order valence-corrected chi connectivity index (χ1v) is 8.68. The van der Waals surface area contributed by atoms with Crippen LogP contribution < -0.4 is 5.32 Å². The van der Waals surface area contributed by atoms with Gasteiger partial charge in [0.05, 0.1) is 0 Å². The third-order valence-corrected chi connectivity index (χ3v) is 5.36. The standard InChI is InChI=1S/C18H29N3/c1-4-19-15-6-5-7-16-14(15)12-20-17(21-16)13-8-10-18(2,3)11-9-13/h12-13,15,19H,4-11H2,1-3H3. The summed E-state index contributed by atoms with van der Waals surface area (Å²) >= 11 is 0. The van der Waals surface area contributed by atoms with Gasteiger partial charge in [0.15, 0.2) is 0 Å². The first-order chi connectivity index (χ1) is 10.1. The van der Waals surface area contributed by atoms with Gasteiger partial charge in [-0.1, -0.05) is 20.8 Å². The molecule has 1 N–H and O–H groups in total. The van der Waals surface area contributed by atoms with Crippen LogP contribution in [0, 0.1) is 5.41 Å². The molecule has 1 heterocycles. The predicted octanol–water partition coefficient (Wildman–Crippen LogP) is 4.15. The maximum atomic E-state index is 4.97. The third kappa shape index (κ3) is 3.28. The molecule has 1 atom stereocenters. The van der Waals surface area contributed by atoms with E-state index in [1.807, 2.05) is 0 Å². The van der Waals surface area contributed by atoms with Gasteiger partial charge in [-0.2, -0.15) is 0 Å². The Morgan fingerprint density at radius 2 is 2.00 bits per heavy atom. The minimum absolute atomic E-state index is 0.470. The normalized spacial score (nSPS) is 25.6. The van der Waals surface area contributed by atoms with E-state index in [2.05, 4.69) is 32.3 Å². The highest BCUT2D eigenvalue weighted by atomic mass is 14.9. The van der Waals surface area contributed by atoms with E-state index in [0.717, 1.165) is 18.8 Å². The van der Waals surface area contributed by atoms with Crippen LogP contribution in [0.5, 0.6) is 0 Å². The lowest BCUT2D eigenvalue weighted by Crippen LogP contribution is -2.27. The largest absolute Gasteiger partial charge is 0.310 e. The molecule has 0 saturated heterocycles. The van der Waals surface area contributed by atoms with Gasteiger partial charge in [0.25, 0.3) is 0 Å². The van der Waals surface area contributed by atoms with Crippen molar-refractivity contribution < 1.29 is 0 Å². The van der Waals surface area contributed by atoms with Gasteiger partial charge in [-0.3, -0.25) is 0 Å². The Morgan fingerprint density at radius 1 is 1.24 bits per heavy atom. The second-order valence-corrected chi connectivity index (χ2v) is 7.57. The van der Waals surface area contributed by atoms with Crippen molar-refractivity contribution in [3.05, 3.63) is 23.3 Å². The van der Waals surface area contributed by atoms with E-state index in [0.29, 0.717) is 17.4 Å². The van der Waals surface area contributed by atoms with Crippen LogP contribution in [0.3, 0.4) is 0 Å². The second kappa shape index (κ2) is 6.04. The van der Waals surface area contributed by atoms with Gasteiger partial charge in [-0.15, -0.1) is 0 Å². The number of hydrogen-bond acceptors (Lipinski definition) is 3. The number of aryl methyl sites for hydroxylation is 1. The zero-order valence-electron chi connectivity index (χ0n) is 13.8. The average molecular weight is 287 g/mol. The fraction of sp³-hybridized carbons (Fsp3) is 0.778. The number of nitrogens with zero attached hydrogens (tertiary/aromatic N) is 2. The van der Waals surface area contributed by atoms with Crippen LogP contribution in [0.4, 0.5) is 0 Å². The summed E-state index contributed by atoms with van der Waals surface area (Å²) < 4.78 is 0. The Bertz CT molecular complexity index is 485. The van der Waals surface area contributed by atoms with Crippen molar-refractivity contribution in [3.8, 4) is 0 Å². The average Bonchev–Trinajstić information content (AvgIpc) is 2.47. The van der Waals surface area contributed by atoms with Crippen molar-refractivity contribution in [3.63, 3.8) is 0 Å². The van der Waals surface area contributed by atoms with Crippen molar-refractivity contribution in [2.75, 3.05) is 6.54 Å². The van der Waals surface area contributed by atoms with Crippen LogP contribution in [0.2, 0.25) is 0 Å². The summed E-state index contributed by atoms with van der Waals surface area (Å²) in [5, 5.41) is 3.57. The lowest BCUT2D eigenvalue weighted by atomic mass is 9.73. The summed E-state index contributed by atoms with van der Waals surface area (Å²) in [5.41, 5.74) is 3.17. The Hall–Kier alpha value is -0.960. The number of fused-ring (bicyclic) bond motifs is 1. The first-order valence-electron chi connectivity index (χ1n) is 8.68. The summed E-state index contributed by atoms with van der Waals surface area (Å²) in [6.45, 7) is 7.97. The highest BCUT2D eigenvalue weighted by Crippen LogP contribution is 2.41. The molecule has 1 saturated carbocycles. The molecule has 1 aromatic heterocycles. The van der Waals surface area contributed by atoms with Gasteiger partial charge in [-0.05, 0) is 56.9 Å². The van der Waals surface area contributed by atoms with Crippen molar-refractivity contribution in [1.82, 2.24) is 15.3 Å². The topological polar surface area (TPSA) is 37.8 Å². The summed E-state index contributed by atoms with van der Waals surface area (Å²) in [6.07, 6.45) is 10.8. The third-order valence-electron chi connectivity index (χ3n) is 5.36. The molecule has 3 nitrogen and oxygen atoms in total. The maximum absolute atomic E-state index is 4.97. The Balaban J connectivity index is 1.77. The fourth-order valence-electron chi connectivity index (χ4n) is 3.87. The molecule has 2 aliphatic rings. The van der Waals surface area contributed by atoms with Gasteiger partial charge in [0, 0.05) is 29.4 Å². The number of aromatic nitrogens is 2. The molecular weight excluding hydrogens is 258 g/mol. The minimum Gasteiger partial charge on any atom is -0.310 e. The summed E-state index contributed by atoms with van der Waals surface area (Å²) in [7, 11) is 0. The molecule has 116 valence electrons. The van der Waals surface area contributed by atoms with E-state index in [1.54, 1.807) is 0 Å². The molecule has 0 aromatic carbocycles. The SMILES string of the molecule is CCNC1CCCc2nc(C3CCC(C)(C)CC3)ncc21. The molecular formula is C18H29N3.